The molecule has 0 saturated carbocycles. The number of hydrogen-bond donors (Lipinski definition) is 0. The van der Waals surface area contributed by atoms with Crippen LogP contribution < -0.4 is 9.64 Å². The normalized spacial score (nSPS) is 18.1. The molecule has 2 heterocycles. The zero-order valence-corrected chi connectivity index (χ0v) is 19.0. The molecule has 1 aliphatic rings. The van der Waals surface area contributed by atoms with Gasteiger partial charge in [-0.2, -0.15) is 4.98 Å². The highest BCUT2D eigenvalue weighted by Gasteiger charge is 2.36. The fourth-order valence-corrected chi connectivity index (χ4v) is 3.92. The van der Waals surface area contributed by atoms with Crippen LogP contribution in [0.25, 0.3) is 11.1 Å². The van der Waals surface area contributed by atoms with Gasteiger partial charge >= 0.3 is 12.5 Å². The molecular weight excluding hydrogens is 495 g/mol. The molecule has 1 aromatic carbocycles. The van der Waals surface area contributed by atoms with Crippen molar-refractivity contribution in [2.75, 3.05) is 24.5 Å². The van der Waals surface area contributed by atoms with Crippen molar-refractivity contribution in [2.45, 2.75) is 45.7 Å². The fourth-order valence-electron chi connectivity index (χ4n) is 3.05. The van der Waals surface area contributed by atoms with E-state index < -0.39 is 23.8 Å². The molecule has 1 fully saturated rings. The summed E-state index contributed by atoms with van der Waals surface area (Å²) in [5.74, 6) is -0.627. The number of alkyl halides is 3. The Bertz CT molecular complexity index is 961. The number of oxazole rings is 1. The summed E-state index contributed by atoms with van der Waals surface area (Å²) in [7, 11) is 0. The first-order valence-electron chi connectivity index (χ1n) is 9.04. The summed E-state index contributed by atoms with van der Waals surface area (Å²) in [5.41, 5.74) is -0.686. The van der Waals surface area contributed by atoms with E-state index in [4.69, 9.17) is 20.8 Å². The smallest absolute Gasteiger partial charge is 0.444 e. The van der Waals surface area contributed by atoms with Crippen LogP contribution in [-0.4, -0.2) is 53.6 Å². The number of nitrogens with zero attached hydrogens (tertiary/aromatic N) is 3. The molecule has 7 nitrogen and oxygen atoms in total. The largest absolute Gasteiger partial charge is 0.573 e. The molecule has 0 N–H and O–H groups in total. The van der Waals surface area contributed by atoms with Crippen molar-refractivity contribution in [1.82, 2.24) is 9.88 Å². The van der Waals surface area contributed by atoms with Gasteiger partial charge in [-0.1, -0.05) is 11.6 Å². The average Bonchev–Trinajstić information content (AvgIpc) is 3.02. The number of carbonyl (C=O) groups is 1. The number of rotatable bonds is 2. The Balaban J connectivity index is 1.85. The maximum atomic E-state index is 12.8. The number of hydrogen-bond acceptors (Lipinski definition) is 6. The first-order valence-corrected chi connectivity index (χ1v) is 10.2. The van der Waals surface area contributed by atoms with E-state index in [1.165, 1.54) is 6.07 Å². The Kier molecular flexibility index (Phi) is 6.07. The quantitative estimate of drug-likeness (QED) is 0.521. The summed E-state index contributed by atoms with van der Waals surface area (Å²) in [6.45, 7) is 8.24. The lowest BCUT2D eigenvalue weighted by Gasteiger charge is -2.39. The molecule has 0 spiro atoms. The minimum Gasteiger partial charge on any atom is -0.444 e. The number of piperazine rings is 1. The van der Waals surface area contributed by atoms with Gasteiger partial charge in [-0.3, -0.25) is 0 Å². The summed E-state index contributed by atoms with van der Waals surface area (Å²) in [5, 5.41) is -0.255. The monoisotopic (exact) mass is 513 g/mol. The lowest BCUT2D eigenvalue weighted by molar-refractivity contribution is -0.274. The van der Waals surface area contributed by atoms with Crippen LogP contribution in [0.5, 0.6) is 5.75 Å². The van der Waals surface area contributed by atoms with Crippen molar-refractivity contribution in [3.8, 4) is 5.75 Å². The molecule has 3 rings (SSSR count). The fraction of sp³-hybridized carbons (Fsp3) is 0.556. The molecule has 1 aliphatic heterocycles. The van der Waals surface area contributed by atoms with Crippen LogP contribution in [0.4, 0.5) is 24.0 Å². The van der Waals surface area contributed by atoms with Gasteiger partial charge in [-0.15, -0.1) is 13.2 Å². The highest BCUT2D eigenvalue weighted by Crippen LogP contribution is 2.42. The maximum Gasteiger partial charge on any atom is 0.573 e. The zero-order valence-electron chi connectivity index (χ0n) is 16.6. The molecule has 1 saturated heterocycles. The Morgan fingerprint density at radius 1 is 1.33 bits per heavy atom. The molecule has 0 unspecified atom stereocenters. The summed E-state index contributed by atoms with van der Waals surface area (Å²) in [6.07, 6.45) is -5.36. The molecule has 1 atom stereocenters. The van der Waals surface area contributed by atoms with Gasteiger partial charge < -0.3 is 23.7 Å². The topological polar surface area (TPSA) is 68.0 Å². The van der Waals surface area contributed by atoms with Crippen LogP contribution in [0.3, 0.4) is 0 Å². The Morgan fingerprint density at radius 2 is 2.00 bits per heavy atom. The van der Waals surface area contributed by atoms with Crippen molar-refractivity contribution >= 4 is 50.7 Å². The van der Waals surface area contributed by atoms with Crippen molar-refractivity contribution in [3.63, 3.8) is 0 Å². The Morgan fingerprint density at radius 3 is 2.57 bits per heavy atom. The summed E-state index contributed by atoms with van der Waals surface area (Å²) >= 11 is 9.16. The van der Waals surface area contributed by atoms with Crippen LogP contribution in [-0.2, 0) is 4.74 Å². The van der Waals surface area contributed by atoms with Crippen LogP contribution >= 0.6 is 27.5 Å². The van der Waals surface area contributed by atoms with Crippen LogP contribution in [0.15, 0.2) is 15.0 Å². The third kappa shape index (κ3) is 5.05. The minimum atomic E-state index is -4.93. The standard InChI is InChI=1S/C18H20BrClF3N3O4/c1-9-8-25(5-6-26(9)16(27)30-17(2,3)4)15-24-12-13(28-15)10(19)7-11(20)14(12)29-18(21,22)23/h7,9H,5-6,8H2,1-4H3/t9-/m1/s1. The number of aromatic nitrogens is 1. The Hall–Kier alpha value is -1.88. The van der Waals surface area contributed by atoms with Gasteiger partial charge in [0.2, 0.25) is 0 Å². The molecule has 0 bridgehead atoms. The van der Waals surface area contributed by atoms with Crippen LogP contribution in [0, 0.1) is 0 Å². The van der Waals surface area contributed by atoms with Gasteiger partial charge in [0.25, 0.3) is 6.01 Å². The van der Waals surface area contributed by atoms with Gasteiger partial charge in [-0.05, 0) is 49.7 Å². The number of carbonyl (C=O) groups excluding carboxylic acids is 1. The molecule has 30 heavy (non-hydrogen) atoms. The molecule has 1 aromatic heterocycles. The second kappa shape index (κ2) is 7.99. The maximum absolute atomic E-state index is 12.8. The molecule has 1 amide bonds. The third-order valence-corrected chi connectivity index (χ3v) is 5.13. The molecule has 2 aromatic rings. The van der Waals surface area contributed by atoms with Gasteiger partial charge in [0, 0.05) is 25.7 Å². The van der Waals surface area contributed by atoms with E-state index in [-0.39, 0.29) is 28.2 Å². The van der Waals surface area contributed by atoms with E-state index in [9.17, 15) is 18.0 Å². The third-order valence-electron chi connectivity index (χ3n) is 4.26. The number of halogens is 5. The molecule has 0 aliphatic carbocycles. The average molecular weight is 515 g/mol. The predicted octanol–water partition coefficient (Wildman–Crippen LogP) is 5.59. The van der Waals surface area contributed by atoms with E-state index in [0.717, 1.165) is 0 Å². The SMILES string of the molecule is C[C@@H]1CN(c2nc3c(OC(F)(F)F)c(Cl)cc(Br)c3o2)CCN1C(=O)OC(C)(C)C. The molecular formula is C18H20BrClF3N3O4. The van der Waals surface area contributed by atoms with E-state index in [2.05, 4.69) is 25.7 Å². The van der Waals surface area contributed by atoms with Crippen molar-refractivity contribution in [1.29, 1.82) is 0 Å². The van der Waals surface area contributed by atoms with E-state index >= 15 is 0 Å². The number of anilines is 1. The first kappa shape index (κ1) is 22.8. The second-order valence-electron chi connectivity index (χ2n) is 7.86. The number of ether oxygens (including phenoxy) is 2. The van der Waals surface area contributed by atoms with E-state index in [0.29, 0.717) is 24.1 Å². The second-order valence-corrected chi connectivity index (χ2v) is 9.12. The molecule has 0 radical (unpaired) electrons. The van der Waals surface area contributed by atoms with Crippen LogP contribution in [0.1, 0.15) is 27.7 Å². The first-order chi connectivity index (χ1) is 13.7. The number of benzene rings is 1. The summed E-state index contributed by atoms with van der Waals surface area (Å²) in [6, 6.07) is 1.13. The van der Waals surface area contributed by atoms with Gasteiger partial charge in [0.1, 0.15) is 5.60 Å². The van der Waals surface area contributed by atoms with Crippen LogP contribution in [0.2, 0.25) is 5.02 Å². The van der Waals surface area contributed by atoms with Gasteiger partial charge in [0.15, 0.2) is 16.8 Å². The molecule has 166 valence electrons. The summed E-state index contributed by atoms with van der Waals surface area (Å²) in [4.78, 5) is 19.9. The lowest BCUT2D eigenvalue weighted by atomic mass is 10.2. The summed E-state index contributed by atoms with van der Waals surface area (Å²) < 4.78 is 53.9. The van der Waals surface area contributed by atoms with E-state index in [1.807, 2.05) is 6.92 Å². The van der Waals surface area contributed by atoms with Gasteiger partial charge in [0.05, 0.1) is 9.50 Å². The van der Waals surface area contributed by atoms with Crippen molar-refractivity contribution in [3.05, 3.63) is 15.6 Å². The number of fused-ring (bicyclic) bond motifs is 1. The highest BCUT2D eigenvalue weighted by molar-refractivity contribution is 9.10. The van der Waals surface area contributed by atoms with Crippen molar-refractivity contribution < 1.29 is 31.9 Å². The number of amides is 1. The van der Waals surface area contributed by atoms with Gasteiger partial charge in [-0.25, -0.2) is 4.79 Å². The minimum absolute atomic E-state index is 0.0795. The van der Waals surface area contributed by atoms with E-state index in [1.54, 1.807) is 30.6 Å². The van der Waals surface area contributed by atoms with Crippen molar-refractivity contribution in [2.24, 2.45) is 0 Å². The highest BCUT2D eigenvalue weighted by atomic mass is 79.9. The Labute approximate surface area is 184 Å². The molecule has 12 heteroatoms. The lowest BCUT2D eigenvalue weighted by Crippen LogP contribution is -2.55. The zero-order chi connectivity index (χ0) is 22.4. The predicted molar refractivity (Wildman–Crippen MR) is 108 cm³/mol.